The molecular weight excluding hydrogens is 388 g/mol. The Morgan fingerprint density at radius 1 is 1.03 bits per heavy atom. The van der Waals surface area contributed by atoms with Crippen LogP contribution in [-0.4, -0.2) is 51.7 Å². The van der Waals surface area contributed by atoms with E-state index in [0.29, 0.717) is 23.6 Å². The van der Waals surface area contributed by atoms with Crippen LogP contribution in [0.2, 0.25) is 0 Å². The summed E-state index contributed by atoms with van der Waals surface area (Å²) in [6, 6.07) is 12.4. The van der Waals surface area contributed by atoms with Crippen molar-refractivity contribution in [1.29, 1.82) is 0 Å². The van der Waals surface area contributed by atoms with Crippen molar-refractivity contribution in [1.82, 2.24) is 5.32 Å². The fourth-order valence-corrected chi connectivity index (χ4v) is 3.30. The van der Waals surface area contributed by atoms with Crippen molar-refractivity contribution < 1.29 is 28.6 Å². The molecule has 0 spiro atoms. The summed E-state index contributed by atoms with van der Waals surface area (Å²) in [5.41, 5.74) is 2.26. The van der Waals surface area contributed by atoms with E-state index in [2.05, 4.69) is 5.32 Å². The molecule has 3 rings (SSSR count). The lowest BCUT2D eigenvalue weighted by atomic mass is 10.0. The van der Waals surface area contributed by atoms with Crippen molar-refractivity contribution in [3.05, 3.63) is 53.6 Å². The number of benzene rings is 2. The molecule has 1 aliphatic rings. The highest BCUT2D eigenvalue weighted by Crippen LogP contribution is 2.28. The van der Waals surface area contributed by atoms with Gasteiger partial charge in [-0.1, -0.05) is 18.2 Å². The zero-order valence-electron chi connectivity index (χ0n) is 17.0. The third kappa shape index (κ3) is 4.89. The smallest absolute Gasteiger partial charge is 0.325 e. The van der Waals surface area contributed by atoms with Crippen molar-refractivity contribution in [2.75, 3.05) is 38.8 Å². The van der Waals surface area contributed by atoms with Gasteiger partial charge in [-0.05, 0) is 42.7 Å². The van der Waals surface area contributed by atoms with Crippen LogP contribution in [0.3, 0.4) is 0 Å². The number of esters is 1. The number of anilines is 1. The maximum atomic E-state index is 12.5. The lowest BCUT2D eigenvalue weighted by Crippen LogP contribution is -2.39. The number of carbonyl (C=O) groups excluding carboxylic acids is 3. The van der Waals surface area contributed by atoms with Crippen molar-refractivity contribution in [2.45, 2.75) is 12.8 Å². The van der Waals surface area contributed by atoms with Crippen LogP contribution in [0.15, 0.2) is 42.5 Å². The Hall–Kier alpha value is -3.55. The van der Waals surface area contributed by atoms with E-state index in [0.717, 1.165) is 24.1 Å². The van der Waals surface area contributed by atoms with Gasteiger partial charge < -0.3 is 24.4 Å². The number of aryl methyl sites for hydroxylation is 1. The topological polar surface area (TPSA) is 94.2 Å². The van der Waals surface area contributed by atoms with Crippen molar-refractivity contribution in [3.63, 3.8) is 0 Å². The molecule has 2 aromatic carbocycles. The van der Waals surface area contributed by atoms with E-state index in [1.165, 1.54) is 20.3 Å². The number of amides is 2. The SMILES string of the molecule is COc1ccc(C(=O)NCC(=O)OCC(=O)N2CCCc3ccccc32)cc1OC. The zero-order chi connectivity index (χ0) is 21.5. The Kier molecular flexibility index (Phi) is 6.90. The molecule has 1 N–H and O–H groups in total. The zero-order valence-corrected chi connectivity index (χ0v) is 17.0. The van der Waals surface area contributed by atoms with Gasteiger partial charge in [0.2, 0.25) is 0 Å². The molecule has 30 heavy (non-hydrogen) atoms. The summed E-state index contributed by atoms with van der Waals surface area (Å²) in [5.74, 6) is -0.556. The lowest BCUT2D eigenvalue weighted by Gasteiger charge is -2.29. The number of nitrogens with zero attached hydrogens (tertiary/aromatic N) is 1. The van der Waals surface area contributed by atoms with Gasteiger partial charge in [-0.3, -0.25) is 14.4 Å². The molecule has 0 fully saturated rings. The first-order chi connectivity index (χ1) is 14.5. The minimum atomic E-state index is -0.692. The molecule has 1 heterocycles. The molecule has 158 valence electrons. The number of carbonyl (C=O) groups is 3. The Labute approximate surface area is 174 Å². The van der Waals surface area contributed by atoms with Gasteiger partial charge in [0.15, 0.2) is 18.1 Å². The number of fused-ring (bicyclic) bond motifs is 1. The second-order valence-electron chi connectivity index (χ2n) is 6.69. The quantitative estimate of drug-likeness (QED) is 0.699. The second kappa shape index (κ2) is 9.78. The van der Waals surface area contributed by atoms with Gasteiger partial charge in [0.25, 0.3) is 11.8 Å². The molecule has 0 unspecified atom stereocenters. The summed E-state index contributed by atoms with van der Waals surface area (Å²) < 4.78 is 15.3. The van der Waals surface area contributed by atoms with Crippen LogP contribution in [0.4, 0.5) is 5.69 Å². The van der Waals surface area contributed by atoms with Gasteiger partial charge in [0.1, 0.15) is 6.54 Å². The second-order valence-corrected chi connectivity index (χ2v) is 6.69. The lowest BCUT2D eigenvalue weighted by molar-refractivity contribution is -0.146. The van der Waals surface area contributed by atoms with E-state index in [1.54, 1.807) is 17.0 Å². The fourth-order valence-electron chi connectivity index (χ4n) is 3.30. The molecule has 0 bridgehead atoms. The van der Waals surface area contributed by atoms with Gasteiger partial charge in [-0.2, -0.15) is 0 Å². The van der Waals surface area contributed by atoms with Gasteiger partial charge in [0.05, 0.1) is 14.2 Å². The standard InChI is InChI=1S/C22H24N2O6/c1-28-18-10-9-16(12-19(18)29-2)22(27)23-13-21(26)30-14-20(25)24-11-5-7-15-6-3-4-8-17(15)24/h3-4,6,8-10,12H,5,7,11,13-14H2,1-2H3,(H,23,27). The van der Waals surface area contributed by atoms with E-state index in [9.17, 15) is 14.4 Å². The van der Waals surface area contributed by atoms with Crippen LogP contribution in [-0.2, 0) is 20.7 Å². The van der Waals surface area contributed by atoms with E-state index in [4.69, 9.17) is 14.2 Å². The number of para-hydroxylation sites is 1. The maximum absolute atomic E-state index is 12.5. The van der Waals surface area contributed by atoms with E-state index in [1.807, 2.05) is 24.3 Å². The first kappa shape index (κ1) is 21.2. The fraction of sp³-hybridized carbons (Fsp3) is 0.318. The summed E-state index contributed by atoms with van der Waals surface area (Å²) in [7, 11) is 2.96. The summed E-state index contributed by atoms with van der Waals surface area (Å²) >= 11 is 0. The summed E-state index contributed by atoms with van der Waals surface area (Å²) in [6.45, 7) is -0.139. The molecule has 0 aliphatic carbocycles. The number of hydrogen-bond acceptors (Lipinski definition) is 6. The Bertz CT molecular complexity index is 943. The minimum Gasteiger partial charge on any atom is -0.493 e. The predicted molar refractivity (Wildman–Crippen MR) is 110 cm³/mol. The van der Waals surface area contributed by atoms with Crippen LogP contribution in [0.25, 0.3) is 0 Å². The highest BCUT2D eigenvalue weighted by atomic mass is 16.5. The van der Waals surface area contributed by atoms with Crippen molar-refractivity contribution in [3.8, 4) is 11.5 Å². The molecule has 2 aromatic rings. The molecule has 2 amide bonds. The largest absolute Gasteiger partial charge is 0.493 e. The molecular formula is C22H24N2O6. The average molecular weight is 412 g/mol. The summed E-state index contributed by atoms with van der Waals surface area (Å²) in [5, 5.41) is 2.47. The number of nitrogens with one attached hydrogen (secondary N) is 1. The highest BCUT2D eigenvalue weighted by Gasteiger charge is 2.23. The van der Waals surface area contributed by atoms with Gasteiger partial charge in [0, 0.05) is 17.8 Å². The van der Waals surface area contributed by atoms with Crippen LogP contribution in [0.1, 0.15) is 22.3 Å². The van der Waals surface area contributed by atoms with Crippen LogP contribution < -0.4 is 19.7 Å². The molecule has 1 aliphatic heterocycles. The third-order valence-corrected chi connectivity index (χ3v) is 4.81. The first-order valence-electron chi connectivity index (χ1n) is 9.57. The third-order valence-electron chi connectivity index (χ3n) is 4.81. The van der Waals surface area contributed by atoms with Gasteiger partial charge in [-0.15, -0.1) is 0 Å². The van der Waals surface area contributed by atoms with Crippen molar-refractivity contribution >= 4 is 23.5 Å². The van der Waals surface area contributed by atoms with Crippen LogP contribution >= 0.6 is 0 Å². The van der Waals surface area contributed by atoms with E-state index < -0.39 is 11.9 Å². The normalized spacial score (nSPS) is 12.5. The first-order valence-corrected chi connectivity index (χ1v) is 9.57. The molecule has 8 nitrogen and oxygen atoms in total. The number of ether oxygens (including phenoxy) is 3. The minimum absolute atomic E-state index is 0.290. The Balaban J connectivity index is 1.49. The molecule has 0 radical (unpaired) electrons. The number of hydrogen-bond donors (Lipinski definition) is 1. The van der Waals surface area contributed by atoms with Crippen molar-refractivity contribution in [2.24, 2.45) is 0 Å². The van der Waals surface area contributed by atoms with Crippen LogP contribution in [0, 0.1) is 0 Å². The Morgan fingerprint density at radius 2 is 1.80 bits per heavy atom. The van der Waals surface area contributed by atoms with Gasteiger partial charge >= 0.3 is 5.97 Å². The maximum Gasteiger partial charge on any atom is 0.325 e. The molecule has 0 atom stereocenters. The number of methoxy groups -OCH3 is 2. The highest BCUT2D eigenvalue weighted by molar-refractivity contribution is 5.98. The summed E-state index contributed by atoms with van der Waals surface area (Å²) in [4.78, 5) is 38.4. The predicted octanol–water partition coefficient (Wildman–Crippen LogP) is 1.96. The molecule has 0 aromatic heterocycles. The number of rotatable bonds is 7. The molecule has 8 heteroatoms. The van der Waals surface area contributed by atoms with Gasteiger partial charge in [-0.25, -0.2) is 0 Å². The van der Waals surface area contributed by atoms with Crippen LogP contribution in [0.5, 0.6) is 11.5 Å². The molecule has 0 saturated heterocycles. The van der Waals surface area contributed by atoms with E-state index in [-0.39, 0.29) is 19.1 Å². The van der Waals surface area contributed by atoms with E-state index >= 15 is 0 Å². The Morgan fingerprint density at radius 3 is 2.57 bits per heavy atom. The molecule has 0 saturated carbocycles. The summed E-state index contributed by atoms with van der Waals surface area (Å²) in [6.07, 6.45) is 1.78. The monoisotopic (exact) mass is 412 g/mol. The average Bonchev–Trinajstić information content (AvgIpc) is 2.79.